The lowest BCUT2D eigenvalue weighted by Gasteiger charge is -2.18. The summed E-state index contributed by atoms with van der Waals surface area (Å²) >= 11 is 0. The molecule has 1 aliphatic rings. The summed E-state index contributed by atoms with van der Waals surface area (Å²) in [5.74, 6) is -0.881. The van der Waals surface area contributed by atoms with Crippen LogP contribution >= 0.6 is 0 Å². The van der Waals surface area contributed by atoms with Crippen LogP contribution in [0.15, 0.2) is 54.6 Å². The van der Waals surface area contributed by atoms with E-state index in [0.717, 1.165) is 35.4 Å². The van der Waals surface area contributed by atoms with E-state index in [4.69, 9.17) is 5.11 Å². The smallest absolute Gasteiger partial charge is 0.309 e. The van der Waals surface area contributed by atoms with Crippen molar-refractivity contribution in [1.29, 1.82) is 0 Å². The lowest BCUT2D eigenvalue weighted by molar-refractivity contribution is -0.136. The first kappa shape index (κ1) is 16.4. The van der Waals surface area contributed by atoms with Crippen LogP contribution in [-0.2, 0) is 11.2 Å². The number of carboxylic acids is 1. The molecule has 0 aliphatic carbocycles. The number of benzene rings is 2. The van der Waals surface area contributed by atoms with E-state index in [0.29, 0.717) is 5.69 Å². The summed E-state index contributed by atoms with van der Waals surface area (Å²) in [5, 5.41) is 13.5. The standard InChI is InChI=1S/C21H21N3O2/c25-21(26)14-16-13-20(18-5-1-2-6-19(18)23-16)22-15-7-9-17(10-8-15)24-11-3-4-12-24/h1-2,5-10,13H,3-4,11-12,14H2,(H,22,23)(H,25,26). The van der Waals surface area contributed by atoms with Crippen molar-refractivity contribution >= 4 is 33.9 Å². The predicted molar refractivity (Wildman–Crippen MR) is 104 cm³/mol. The molecule has 1 aromatic heterocycles. The zero-order chi connectivity index (χ0) is 17.9. The van der Waals surface area contributed by atoms with Gasteiger partial charge in [0.1, 0.15) is 0 Å². The first-order valence-corrected chi connectivity index (χ1v) is 8.91. The molecular formula is C21H21N3O2. The van der Waals surface area contributed by atoms with Crippen LogP contribution in [0.2, 0.25) is 0 Å². The van der Waals surface area contributed by atoms with Crippen molar-refractivity contribution in [1.82, 2.24) is 4.98 Å². The molecule has 0 amide bonds. The summed E-state index contributed by atoms with van der Waals surface area (Å²) in [5.41, 5.74) is 4.44. The number of hydrogen-bond acceptors (Lipinski definition) is 4. The lowest BCUT2D eigenvalue weighted by Crippen LogP contribution is -2.17. The van der Waals surface area contributed by atoms with Gasteiger partial charge in [0.05, 0.1) is 17.6 Å². The Labute approximate surface area is 152 Å². The molecule has 1 saturated heterocycles. The van der Waals surface area contributed by atoms with Gasteiger partial charge in [0.25, 0.3) is 0 Å². The van der Waals surface area contributed by atoms with E-state index >= 15 is 0 Å². The Hall–Kier alpha value is -3.08. The maximum absolute atomic E-state index is 11.1. The van der Waals surface area contributed by atoms with Crippen LogP contribution in [0.5, 0.6) is 0 Å². The average Bonchev–Trinajstić information content (AvgIpc) is 3.16. The van der Waals surface area contributed by atoms with Gasteiger partial charge in [0.2, 0.25) is 0 Å². The molecule has 3 aromatic rings. The number of nitrogens with zero attached hydrogens (tertiary/aromatic N) is 2. The van der Waals surface area contributed by atoms with Gasteiger partial charge in [-0.2, -0.15) is 0 Å². The van der Waals surface area contributed by atoms with Crippen LogP contribution in [0.25, 0.3) is 10.9 Å². The Morgan fingerprint density at radius 1 is 1.08 bits per heavy atom. The topological polar surface area (TPSA) is 65.5 Å². The molecule has 2 N–H and O–H groups in total. The van der Waals surface area contributed by atoms with Crippen LogP contribution in [0, 0.1) is 0 Å². The highest BCUT2D eigenvalue weighted by Crippen LogP contribution is 2.28. The SMILES string of the molecule is O=C(O)Cc1cc(Nc2ccc(N3CCCC3)cc2)c2ccccc2n1. The summed E-state index contributed by atoms with van der Waals surface area (Å²) < 4.78 is 0. The molecule has 0 atom stereocenters. The second-order valence-corrected chi connectivity index (χ2v) is 6.61. The highest BCUT2D eigenvalue weighted by Gasteiger charge is 2.12. The third-order valence-electron chi connectivity index (χ3n) is 4.72. The van der Waals surface area contributed by atoms with Crippen molar-refractivity contribution in [2.45, 2.75) is 19.3 Å². The van der Waals surface area contributed by atoms with E-state index in [1.165, 1.54) is 18.5 Å². The molecular weight excluding hydrogens is 326 g/mol. The van der Waals surface area contributed by atoms with Crippen molar-refractivity contribution < 1.29 is 9.90 Å². The first-order chi connectivity index (χ1) is 12.7. The summed E-state index contributed by atoms with van der Waals surface area (Å²) in [6.45, 7) is 2.25. The van der Waals surface area contributed by atoms with Crippen LogP contribution in [0.3, 0.4) is 0 Å². The largest absolute Gasteiger partial charge is 0.481 e. The number of anilines is 3. The highest BCUT2D eigenvalue weighted by atomic mass is 16.4. The third kappa shape index (κ3) is 3.47. The number of fused-ring (bicyclic) bond motifs is 1. The fourth-order valence-electron chi connectivity index (χ4n) is 3.47. The molecule has 2 aromatic carbocycles. The average molecular weight is 347 g/mol. The number of hydrogen-bond donors (Lipinski definition) is 2. The maximum Gasteiger partial charge on any atom is 0.309 e. The predicted octanol–water partition coefficient (Wildman–Crippen LogP) is 4.21. The molecule has 0 saturated carbocycles. The lowest BCUT2D eigenvalue weighted by atomic mass is 10.1. The second kappa shape index (κ2) is 7.04. The van der Waals surface area contributed by atoms with E-state index < -0.39 is 5.97 Å². The first-order valence-electron chi connectivity index (χ1n) is 8.91. The molecule has 4 rings (SSSR count). The Kier molecular flexibility index (Phi) is 4.44. The number of para-hydroxylation sites is 1. The Bertz CT molecular complexity index is 932. The van der Waals surface area contributed by atoms with Crippen LogP contribution in [0.4, 0.5) is 17.1 Å². The zero-order valence-electron chi connectivity index (χ0n) is 14.5. The molecule has 5 nitrogen and oxygen atoms in total. The molecule has 1 fully saturated rings. The Morgan fingerprint density at radius 3 is 2.54 bits per heavy atom. The molecule has 5 heteroatoms. The zero-order valence-corrected chi connectivity index (χ0v) is 14.5. The van der Waals surface area contributed by atoms with Gasteiger partial charge in [-0.05, 0) is 49.2 Å². The molecule has 132 valence electrons. The highest BCUT2D eigenvalue weighted by molar-refractivity contribution is 5.93. The number of nitrogens with one attached hydrogen (secondary N) is 1. The number of rotatable bonds is 5. The van der Waals surface area contributed by atoms with E-state index in [2.05, 4.69) is 39.5 Å². The molecule has 0 bridgehead atoms. The number of aromatic nitrogens is 1. The minimum Gasteiger partial charge on any atom is -0.481 e. The van der Waals surface area contributed by atoms with Gasteiger partial charge in [-0.25, -0.2) is 0 Å². The molecule has 1 aliphatic heterocycles. The van der Waals surface area contributed by atoms with Gasteiger partial charge in [0, 0.05) is 35.5 Å². The van der Waals surface area contributed by atoms with Gasteiger partial charge >= 0.3 is 5.97 Å². The Morgan fingerprint density at radius 2 is 1.81 bits per heavy atom. The van der Waals surface area contributed by atoms with Gasteiger partial charge in [-0.1, -0.05) is 18.2 Å². The van der Waals surface area contributed by atoms with Gasteiger partial charge in [-0.3, -0.25) is 9.78 Å². The van der Waals surface area contributed by atoms with Crippen LogP contribution < -0.4 is 10.2 Å². The van der Waals surface area contributed by atoms with Crippen molar-refractivity contribution in [2.75, 3.05) is 23.3 Å². The summed E-state index contributed by atoms with van der Waals surface area (Å²) in [6.07, 6.45) is 2.43. The number of aliphatic carboxylic acids is 1. The third-order valence-corrected chi connectivity index (χ3v) is 4.72. The van der Waals surface area contributed by atoms with Crippen molar-refractivity contribution in [2.24, 2.45) is 0 Å². The quantitative estimate of drug-likeness (QED) is 0.724. The van der Waals surface area contributed by atoms with E-state index in [-0.39, 0.29) is 6.42 Å². The van der Waals surface area contributed by atoms with Gasteiger partial charge in [0.15, 0.2) is 0 Å². The molecule has 0 radical (unpaired) electrons. The number of carboxylic acid groups (broad SMARTS) is 1. The van der Waals surface area contributed by atoms with Gasteiger partial charge in [-0.15, -0.1) is 0 Å². The summed E-state index contributed by atoms with van der Waals surface area (Å²) in [4.78, 5) is 17.9. The second-order valence-electron chi connectivity index (χ2n) is 6.61. The van der Waals surface area contributed by atoms with Crippen molar-refractivity contribution in [3.63, 3.8) is 0 Å². The number of carbonyl (C=O) groups is 1. The molecule has 0 spiro atoms. The van der Waals surface area contributed by atoms with Crippen LogP contribution in [0.1, 0.15) is 18.5 Å². The van der Waals surface area contributed by atoms with Crippen molar-refractivity contribution in [3.8, 4) is 0 Å². The fourth-order valence-corrected chi connectivity index (χ4v) is 3.47. The minimum absolute atomic E-state index is 0.0899. The van der Waals surface area contributed by atoms with Crippen molar-refractivity contribution in [3.05, 3.63) is 60.3 Å². The minimum atomic E-state index is -0.881. The van der Waals surface area contributed by atoms with E-state index in [9.17, 15) is 4.79 Å². The van der Waals surface area contributed by atoms with Crippen LogP contribution in [-0.4, -0.2) is 29.1 Å². The van der Waals surface area contributed by atoms with Gasteiger partial charge < -0.3 is 15.3 Å². The molecule has 0 unspecified atom stereocenters. The number of pyridine rings is 1. The summed E-state index contributed by atoms with van der Waals surface area (Å²) in [7, 11) is 0. The monoisotopic (exact) mass is 347 g/mol. The normalized spacial score (nSPS) is 13.9. The van der Waals surface area contributed by atoms with E-state index in [1.54, 1.807) is 0 Å². The fraction of sp³-hybridized carbons (Fsp3) is 0.238. The molecule has 2 heterocycles. The molecule has 26 heavy (non-hydrogen) atoms. The van der Waals surface area contributed by atoms with E-state index in [1.807, 2.05) is 30.3 Å². The maximum atomic E-state index is 11.1. The Balaban J connectivity index is 1.64. The summed E-state index contributed by atoms with van der Waals surface area (Å²) in [6, 6.07) is 18.0.